The number of rotatable bonds is 0. The Morgan fingerprint density at radius 1 is 0.846 bits per heavy atom. The first-order chi connectivity index (χ1) is 5.29. The maximum absolute atomic E-state index is 9.88. The zero-order valence-electron chi connectivity index (χ0n) is 7.84. The van der Waals surface area contributed by atoms with Gasteiger partial charge in [0.15, 0.2) is 0 Å². The Morgan fingerprint density at radius 3 is 0.923 bits per heavy atom. The van der Waals surface area contributed by atoms with Crippen LogP contribution in [0.1, 0.15) is 0 Å². The maximum Gasteiger partial charge on any atom is 2.00 e. The summed E-state index contributed by atoms with van der Waals surface area (Å²) in [5.41, 5.74) is 0. The second kappa shape index (κ2) is 9.96. The molecule has 0 heterocycles. The summed E-state index contributed by atoms with van der Waals surface area (Å²) in [4.78, 5) is 22.5. The van der Waals surface area contributed by atoms with E-state index >= 15 is 0 Å². The minimum absolute atomic E-state index is 0. The third-order valence-electron chi connectivity index (χ3n) is 0.730. The van der Waals surface area contributed by atoms with Crippen LogP contribution in [-0.4, -0.2) is 48.5 Å². The summed E-state index contributed by atoms with van der Waals surface area (Å²) < 4.78 is 0. The average molecular weight is 267 g/mol. The van der Waals surface area contributed by atoms with Gasteiger partial charge in [-0.15, -0.1) is 0 Å². The van der Waals surface area contributed by atoms with Gasteiger partial charge in [0.25, 0.3) is 0 Å². The number of amides is 2. The molecule has 80 valence electrons. The molecule has 0 spiro atoms. The number of hydrogen-bond acceptors (Lipinski definition) is 4. The molecule has 4 nitrogen and oxygen atoms in total. The minimum Gasteiger partial charge on any atom is -0.719 e. The van der Waals surface area contributed by atoms with Crippen molar-refractivity contribution < 1.29 is 26.1 Å². The largest absolute Gasteiger partial charge is 2.00 e. The fourth-order valence-electron chi connectivity index (χ4n) is 0. The van der Waals surface area contributed by atoms with E-state index in [-0.39, 0.29) is 27.0 Å². The summed E-state index contributed by atoms with van der Waals surface area (Å²) in [6.45, 7) is 0. The summed E-state index contributed by atoms with van der Waals surface area (Å²) in [6.07, 6.45) is 0. The van der Waals surface area contributed by atoms with E-state index in [0.29, 0.717) is 0 Å². The fraction of sp³-hybridized carbons (Fsp3) is 0.667. The third kappa shape index (κ3) is 18.7. The zero-order chi connectivity index (χ0) is 10.3. The molecule has 0 N–H and O–H groups in total. The standard InChI is InChI=1S/2C3H7NOS.Ni/c2*1-4(2)3(5)6;/h2*1-2H3,(H,5,6);/q;;+2/p-2. The molecule has 2 amide bonds. The normalized spacial score (nSPS) is 7.08. The van der Waals surface area contributed by atoms with E-state index in [0.717, 1.165) is 0 Å². The monoisotopic (exact) mass is 266 g/mol. The molecular weight excluding hydrogens is 255 g/mol. The molecule has 0 aliphatic heterocycles. The molecule has 7 heteroatoms. The molecular formula is C6H12N2NiO2S2. The van der Waals surface area contributed by atoms with Crippen molar-refractivity contribution in [2.24, 2.45) is 0 Å². The van der Waals surface area contributed by atoms with Crippen molar-refractivity contribution in [1.82, 2.24) is 9.80 Å². The van der Waals surface area contributed by atoms with Crippen molar-refractivity contribution in [2.75, 3.05) is 28.2 Å². The summed E-state index contributed by atoms with van der Waals surface area (Å²) in [5, 5.41) is -0.648. The molecule has 0 rings (SSSR count). The van der Waals surface area contributed by atoms with Gasteiger partial charge >= 0.3 is 16.5 Å². The van der Waals surface area contributed by atoms with E-state index in [2.05, 4.69) is 25.3 Å². The molecule has 0 aliphatic carbocycles. The van der Waals surface area contributed by atoms with Gasteiger partial charge in [-0.3, -0.25) is 0 Å². The molecule has 0 bridgehead atoms. The molecule has 0 radical (unpaired) electrons. The van der Waals surface area contributed by atoms with Gasteiger partial charge in [0.05, 0.1) is 0 Å². The molecule has 0 saturated carbocycles. The average Bonchev–Trinajstić information content (AvgIpc) is 1.88. The topological polar surface area (TPSA) is 40.6 Å². The van der Waals surface area contributed by atoms with Gasteiger partial charge in [-0.05, 0) is 0 Å². The van der Waals surface area contributed by atoms with Crippen LogP contribution in [-0.2, 0) is 41.7 Å². The van der Waals surface area contributed by atoms with Crippen LogP contribution in [0.2, 0.25) is 0 Å². The van der Waals surface area contributed by atoms with E-state index in [1.807, 2.05) is 0 Å². The summed E-state index contributed by atoms with van der Waals surface area (Å²) in [5.74, 6) is 0. The Labute approximate surface area is 99.8 Å². The molecule has 0 aromatic heterocycles. The number of hydrogen-bond donors (Lipinski definition) is 0. The minimum atomic E-state index is -0.324. The Kier molecular flexibility index (Phi) is 14.3. The van der Waals surface area contributed by atoms with Gasteiger partial charge in [-0.25, -0.2) is 0 Å². The van der Waals surface area contributed by atoms with Crippen LogP contribution in [0.15, 0.2) is 0 Å². The van der Waals surface area contributed by atoms with Crippen LogP contribution < -0.4 is 0 Å². The first kappa shape index (κ1) is 18.6. The Balaban J connectivity index is -0.000000143. The molecule has 13 heavy (non-hydrogen) atoms. The van der Waals surface area contributed by atoms with Gasteiger partial charge in [0.1, 0.15) is 10.5 Å². The number of carbonyl (C=O) groups excluding carboxylic acids is 2. The molecule has 0 aromatic carbocycles. The predicted octanol–water partition coefficient (Wildman–Crippen LogP) is 0.427. The van der Waals surface area contributed by atoms with E-state index < -0.39 is 0 Å². The third-order valence-corrected chi connectivity index (χ3v) is 1.46. The Bertz CT molecular complexity index is 147. The molecule has 0 aromatic rings. The molecule has 0 aliphatic rings. The first-order valence-electron chi connectivity index (χ1n) is 3.05. The first-order valence-corrected chi connectivity index (χ1v) is 3.87. The second-order valence-electron chi connectivity index (χ2n) is 2.32. The van der Waals surface area contributed by atoms with Gasteiger partial charge in [-0.2, -0.15) is 0 Å². The van der Waals surface area contributed by atoms with Crippen LogP contribution in [0.3, 0.4) is 0 Å². The van der Waals surface area contributed by atoms with Crippen LogP contribution in [0, 0.1) is 0 Å². The van der Waals surface area contributed by atoms with Gasteiger partial charge in [0.2, 0.25) is 0 Å². The van der Waals surface area contributed by atoms with Crippen molar-refractivity contribution in [2.45, 2.75) is 0 Å². The van der Waals surface area contributed by atoms with Gasteiger partial charge < -0.3 is 44.6 Å². The number of nitrogens with zero attached hydrogens (tertiary/aromatic N) is 2. The zero-order valence-corrected chi connectivity index (χ0v) is 10.5. The van der Waals surface area contributed by atoms with Crippen LogP contribution in [0.4, 0.5) is 9.59 Å². The Hall–Kier alpha value is -0.126. The van der Waals surface area contributed by atoms with Crippen LogP contribution in [0.5, 0.6) is 0 Å². The van der Waals surface area contributed by atoms with Crippen LogP contribution >= 0.6 is 0 Å². The van der Waals surface area contributed by atoms with Crippen molar-refractivity contribution in [1.29, 1.82) is 0 Å². The van der Waals surface area contributed by atoms with Crippen molar-refractivity contribution in [3.05, 3.63) is 0 Å². The maximum atomic E-state index is 9.88. The SMILES string of the molecule is CN(C)C(=O)[S-].CN(C)C(=O)[S-].[Ni+2]. The molecule has 0 fully saturated rings. The van der Waals surface area contributed by atoms with Crippen molar-refractivity contribution >= 4 is 35.7 Å². The van der Waals surface area contributed by atoms with E-state index in [4.69, 9.17) is 0 Å². The van der Waals surface area contributed by atoms with Crippen LogP contribution in [0.25, 0.3) is 0 Å². The van der Waals surface area contributed by atoms with Gasteiger partial charge in [0, 0.05) is 28.2 Å². The van der Waals surface area contributed by atoms with Gasteiger partial charge in [-0.1, -0.05) is 0 Å². The quantitative estimate of drug-likeness (QED) is 0.471. The van der Waals surface area contributed by atoms with E-state index in [9.17, 15) is 9.59 Å². The molecule has 0 saturated heterocycles. The Morgan fingerprint density at radius 2 is 0.923 bits per heavy atom. The smallest absolute Gasteiger partial charge is 0.719 e. The van der Waals surface area contributed by atoms with E-state index in [1.165, 1.54) is 9.80 Å². The number of carbonyl (C=O) groups is 2. The molecule has 0 atom stereocenters. The summed E-state index contributed by atoms with van der Waals surface area (Å²) >= 11 is 8.38. The summed E-state index contributed by atoms with van der Waals surface area (Å²) in [7, 11) is 6.48. The second-order valence-corrected chi connectivity index (χ2v) is 3.02. The molecule has 0 unspecified atom stereocenters. The summed E-state index contributed by atoms with van der Waals surface area (Å²) in [6, 6.07) is 0. The van der Waals surface area contributed by atoms with Crippen molar-refractivity contribution in [3.63, 3.8) is 0 Å². The predicted molar refractivity (Wildman–Crippen MR) is 52.9 cm³/mol. The van der Waals surface area contributed by atoms with E-state index in [1.54, 1.807) is 28.2 Å². The van der Waals surface area contributed by atoms with Crippen molar-refractivity contribution in [3.8, 4) is 0 Å². The fourth-order valence-corrected chi connectivity index (χ4v) is 0.